The van der Waals surface area contributed by atoms with Crippen LogP contribution in [0.3, 0.4) is 0 Å². The molecule has 3 rings (SSSR count). The molecule has 1 aromatic carbocycles. The molecule has 1 N–H and O–H groups in total. The highest BCUT2D eigenvalue weighted by molar-refractivity contribution is 5.85. The van der Waals surface area contributed by atoms with Crippen molar-refractivity contribution in [3.63, 3.8) is 0 Å². The Morgan fingerprint density at radius 2 is 2.11 bits per heavy atom. The number of aromatic nitrogens is 2. The quantitative estimate of drug-likeness (QED) is 0.756. The summed E-state index contributed by atoms with van der Waals surface area (Å²) in [6, 6.07) is 5.16. The Hall–Kier alpha value is -1.99. The number of rotatable bonds is 7. The SMILES string of the molecule is CCCN(C(=O)CCc1nc(-c2ccc(C)c(F)c2)no1)C1CCNCC1.Cl. The van der Waals surface area contributed by atoms with Crippen LogP contribution in [0.15, 0.2) is 22.7 Å². The predicted molar refractivity (Wildman–Crippen MR) is 108 cm³/mol. The number of carbonyl (C=O) groups is 1. The van der Waals surface area contributed by atoms with Gasteiger partial charge in [-0.2, -0.15) is 4.98 Å². The number of amides is 1. The van der Waals surface area contributed by atoms with Gasteiger partial charge in [0.2, 0.25) is 17.6 Å². The van der Waals surface area contributed by atoms with E-state index in [0.29, 0.717) is 41.7 Å². The van der Waals surface area contributed by atoms with Crippen molar-refractivity contribution in [3.05, 3.63) is 35.5 Å². The molecule has 8 heteroatoms. The molecule has 1 aliphatic rings. The lowest BCUT2D eigenvalue weighted by atomic mass is 10.0. The molecule has 1 amide bonds. The maximum atomic E-state index is 13.7. The molecule has 0 saturated carbocycles. The first-order chi connectivity index (χ1) is 13.1. The van der Waals surface area contributed by atoms with Gasteiger partial charge in [-0.1, -0.05) is 24.2 Å². The molecule has 0 radical (unpaired) electrons. The number of carbonyl (C=O) groups excluding carboxylic acids is 1. The van der Waals surface area contributed by atoms with Gasteiger partial charge in [0.15, 0.2) is 0 Å². The van der Waals surface area contributed by atoms with E-state index >= 15 is 0 Å². The van der Waals surface area contributed by atoms with Gasteiger partial charge in [0.1, 0.15) is 5.82 Å². The Labute approximate surface area is 171 Å². The fourth-order valence-electron chi connectivity index (χ4n) is 3.43. The molecule has 0 aliphatic carbocycles. The monoisotopic (exact) mass is 410 g/mol. The van der Waals surface area contributed by atoms with E-state index in [1.54, 1.807) is 19.1 Å². The van der Waals surface area contributed by atoms with E-state index in [-0.39, 0.29) is 24.1 Å². The van der Waals surface area contributed by atoms with E-state index in [1.807, 2.05) is 4.90 Å². The Bertz CT molecular complexity index is 777. The Kier molecular flexibility index (Phi) is 8.38. The van der Waals surface area contributed by atoms with Gasteiger partial charge in [-0.15, -0.1) is 12.4 Å². The van der Waals surface area contributed by atoms with Crippen LogP contribution in [0.1, 0.15) is 44.1 Å². The number of hydrogen-bond donors (Lipinski definition) is 1. The number of nitrogens with zero attached hydrogens (tertiary/aromatic N) is 3. The first-order valence-electron chi connectivity index (χ1n) is 9.67. The zero-order valence-electron chi connectivity index (χ0n) is 16.4. The zero-order valence-corrected chi connectivity index (χ0v) is 17.2. The van der Waals surface area contributed by atoms with Crippen LogP contribution in [0.2, 0.25) is 0 Å². The lowest BCUT2D eigenvalue weighted by molar-refractivity contribution is -0.134. The normalized spacial score (nSPS) is 14.5. The Morgan fingerprint density at radius 3 is 2.79 bits per heavy atom. The Balaban J connectivity index is 0.00000280. The molecule has 1 fully saturated rings. The lowest BCUT2D eigenvalue weighted by Crippen LogP contribution is -2.46. The number of piperidine rings is 1. The molecule has 0 spiro atoms. The van der Waals surface area contributed by atoms with E-state index in [4.69, 9.17) is 4.52 Å². The fourth-order valence-corrected chi connectivity index (χ4v) is 3.43. The van der Waals surface area contributed by atoms with Crippen molar-refractivity contribution in [1.82, 2.24) is 20.4 Å². The minimum Gasteiger partial charge on any atom is -0.340 e. The topological polar surface area (TPSA) is 71.3 Å². The standard InChI is InChI=1S/C20H27FN4O2.ClH/c1-3-12-25(16-8-10-22-11-9-16)19(26)7-6-18-23-20(24-27-18)15-5-4-14(2)17(21)13-15;/h4-5,13,16,22H,3,6-12H2,1-2H3;1H. The first kappa shape index (κ1) is 22.3. The van der Waals surface area contributed by atoms with Gasteiger partial charge in [-0.25, -0.2) is 4.39 Å². The van der Waals surface area contributed by atoms with Gasteiger partial charge in [0.05, 0.1) is 0 Å². The van der Waals surface area contributed by atoms with E-state index in [0.717, 1.165) is 38.9 Å². The summed E-state index contributed by atoms with van der Waals surface area (Å²) in [4.78, 5) is 19.1. The van der Waals surface area contributed by atoms with Crippen molar-refractivity contribution in [2.45, 2.75) is 52.0 Å². The molecule has 1 aliphatic heterocycles. The maximum absolute atomic E-state index is 13.7. The largest absolute Gasteiger partial charge is 0.340 e. The molecular formula is C20H28ClFN4O2. The fraction of sp³-hybridized carbons (Fsp3) is 0.550. The lowest BCUT2D eigenvalue weighted by Gasteiger charge is -2.34. The van der Waals surface area contributed by atoms with Crippen LogP contribution in [0.5, 0.6) is 0 Å². The molecule has 28 heavy (non-hydrogen) atoms. The number of aryl methyl sites for hydroxylation is 2. The van der Waals surface area contributed by atoms with Gasteiger partial charge >= 0.3 is 0 Å². The summed E-state index contributed by atoms with van der Waals surface area (Å²) in [5.74, 6) is 0.581. The van der Waals surface area contributed by atoms with E-state index in [1.165, 1.54) is 6.07 Å². The second-order valence-electron chi connectivity index (χ2n) is 7.04. The van der Waals surface area contributed by atoms with Gasteiger partial charge in [-0.05, 0) is 50.9 Å². The van der Waals surface area contributed by atoms with Gasteiger partial charge in [-0.3, -0.25) is 4.79 Å². The summed E-state index contributed by atoms with van der Waals surface area (Å²) in [6.45, 7) is 6.49. The van der Waals surface area contributed by atoms with Gasteiger partial charge in [0, 0.05) is 31.0 Å². The van der Waals surface area contributed by atoms with Crippen LogP contribution in [-0.4, -0.2) is 46.6 Å². The van der Waals surface area contributed by atoms with Crippen molar-refractivity contribution < 1.29 is 13.7 Å². The molecule has 0 atom stereocenters. The molecule has 0 unspecified atom stereocenters. The summed E-state index contributed by atoms with van der Waals surface area (Å²) in [7, 11) is 0. The minimum absolute atomic E-state index is 0. The highest BCUT2D eigenvalue weighted by atomic mass is 35.5. The second kappa shape index (κ2) is 10.5. The summed E-state index contributed by atoms with van der Waals surface area (Å²) in [6.07, 6.45) is 3.67. The van der Waals surface area contributed by atoms with Crippen molar-refractivity contribution in [1.29, 1.82) is 0 Å². The van der Waals surface area contributed by atoms with Crippen LogP contribution < -0.4 is 5.32 Å². The number of halogens is 2. The molecule has 2 heterocycles. The highest BCUT2D eigenvalue weighted by Gasteiger charge is 2.24. The number of nitrogens with one attached hydrogen (secondary N) is 1. The maximum Gasteiger partial charge on any atom is 0.227 e. The summed E-state index contributed by atoms with van der Waals surface area (Å²) in [5, 5.41) is 7.26. The van der Waals surface area contributed by atoms with Crippen LogP contribution in [0.4, 0.5) is 4.39 Å². The molecule has 6 nitrogen and oxygen atoms in total. The smallest absolute Gasteiger partial charge is 0.227 e. The third-order valence-corrected chi connectivity index (χ3v) is 4.99. The van der Waals surface area contributed by atoms with Crippen LogP contribution in [0, 0.1) is 12.7 Å². The molecular weight excluding hydrogens is 383 g/mol. The number of benzene rings is 1. The third kappa shape index (κ3) is 5.52. The van der Waals surface area contributed by atoms with Crippen molar-refractivity contribution in [2.75, 3.05) is 19.6 Å². The molecule has 0 bridgehead atoms. The summed E-state index contributed by atoms with van der Waals surface area (Å²) in [5.41, 5.74) is 1.14. The van der Waals surface area contributed by atoms with E-state index in [9.17, 15) is 9.18 Å². The molecule has 154 valence electrons. The average molecular weight is 411 g/mol. The second-order valence-corrected chi connectivity index (χ2v) is 7.04. The van der Waals surface area contributed by atoms with Crippen molar-refractivity contribution in [3.8, 4) is 11.4 Å². The van der Waals surface area contributed by atoms with Crippen molar-refractivity contribution >= 4 is 18.3 Å². The molecule has 2 aromatic rings. The summed E-state index contributed by atoms with van der Waals surface area (Å²) < 4.78 is 19.0. The van der Waals surface area contributed by atoms with Gasteiger partial charge in [0.25, 0.3) is 0 Å². The van der Waals surface area contributed by atoms with Crippen molar-refractivity contribution in [2.24, 2.45) is 0 Å². The summed E-state index contributed by atoms with van der Waals surface area (Å²) >= 11 is 0. The van der Waals surface area contributed by atoms with E-state index < -0.39 is 0 Å². The highest BCUT2D eigenvalue weighted by Crippen LogP contribution is 2.20. The van der Waals surface area contributed by atoms with Crippen LogP contribution in [-0.2, 0) is 11.2 Å². The minimum atomic E-state index is -0.300. The van der Waals surface area contributed by atoms with Gasteiger partial charge < -0.3 is 14.7 Å². The van der Waals surface area contributed by atoms with E-state index in [2.05, 4.69) is 22.4 Å². The Morgan fingerprint density at radius 1 is 1.36 bits per heavy atom. The first-order valence-corrected chi connectivity index (χ1v) is 9.67. The van der Waals surface area contributed by atoms with Crippen LogP contribution >= 0.6 is 12.4 Å². The average Bonchev–Trinajstić information content (AvgIpc) is 3.16. The molecule has 1 saturated heterocycles. The number of hydrogen-bond acceptors (Lipinski definition) is 5. The zero-order chi connectivity index (χ0) is 19.2. The molecule has 1 aromatic heterocycles. The third-order valence-electron chi connectivity index (χ3n) is 4.99. The van der Waals surface area contributed by atoms with Crippen LogP contribution in [0.25, 0.3) is 11.4 Å². The predicted octanol–water partition coefficient (Wildman–Crippen LogP) is 3.53.